The Balaban J connectivity index is 2.46. The molecule has 0 atom stereocenters. The lowest BCUT2D eigenvalue weighted by atomic mass is 9.96. The van der Waals surface area contributed by atoms with E-state index in [-0.39, 0.29) is 0 Å². The summed E-state index contributed by atoms with van der Waals surface area (Å²) >= 11 is 5.17. The highest BCUT2D eigenvalue weighted by Gasteiger charge is 2.10. The number of rotatable bonds is 2. The summed E-state index contributed by atoms with van der Waals surface area (Å²) in [7, 11) is 0. The molecule has 0 saturated heterocycles. The van der Waals surface area contributed by atoms with Crippen LogP contribution in [-0.4, -0.2) is 4.98 Å². The van der Waals surface area contributed by atoms with Crippen LogP contribution in [0.15, 0.2) is 24.3 Å². The molecule has 2 rings (SSSR count). The molecule has 0 aliphatic rings. The Bertz CT molecular complexity index is 787. The molecule has 0 fully saturated rings. The van der Waals surface area contributed by atoms with Gasteiger partial charge in [-0.15, -0.1) is 0 Å². The quantitative estimate of drug-likeness (QED) is 0.853. The van der Waals surface area contributed by atoms with Gasteiger partial charge in [-0.2, -0.15) is 10.5 Å². The normalized spacial score (nSPS) is 9.80. The van der Waals surface area contributed by atoms with Crippen molar-refractivity contribution in [3.63, 3.8) is 0 Å². The van der Waals surface area contributed by atoms with E-state index in [9.17, 15) is 5.26 Å². The van der Waals surface area contributed by atoms with Crippen LogP contribution < -0.4 is 0 Å². The number of pyridine rings is 1. The number of aromatic nitrogens is 1. The summed E-state index contributed by atoms with van der Waals surface area (Å²) in [4.78, 5) is 3.08. The van der Waals surface area contributed by atoms with Crippen molar-refractivity contribution in [2.45, 2.75) is 20.3 Å². The lowest BCUT2D eigenvalue weighted by Gasteiger charge is -2.12. The van der Waals surface area contributed by atoms with Gasteiger partial charge < -0.3 is 4.98 Å². The summed E-state index contributed by atoms with van der Waals surface area (Å²) in [6, 6.07) is 11.7. The van der Waals surface area contributed by atoms with Crippen molar-refractivity contribution < 1.29 is 0 Å². The molecule has 0 unspecified atom stereocenters. The number of hydrogen-bond donors (Lipinski definition) is 1. The third-order valence-electron chi connectivity index (χ3n) is 3.38. The number of nitriles is 2. The third kappa shape index (κ3) is 2.61. The molecule has 0 amide bonds. The van der Waals surface area contributed by atoms with E-state index in [2.05, 4.69) is 17.1 Å². The topological polar surface area (TPSA) is 63.4 Å². The van der Waals surface area contributed by atoms with Gasteiger partial charge in [0, 0.05) is 5.69 Å². The van der Waals surface area contributed by atoms with E-state index in [0.29, 0.717) is 22.2 Å². The van der Waals surface area contributed by atoms with Gasteiger partial charge in [0.25, 0.3) is 0 Å². The maximum Gasteiger partial charge on any atom is 0.121 e. The first-order valence-corrected chi connectivity index (χ1v) is 6.59. The molecule has 0 bridgehead atoms. The first kappa shape index (κ1) is 14.0. The lowest BCUT2D eigenvalue weighted by Crippen LogP contribution is -2.02. The monoisotopic (exact) mass is 279 g/mol. The minimum atomic E-state index is 0.492. The largest absolute Gasteiger partial charge is 0.349 e. The molecule has 2 aromatic rings. The second kappa shape index (κ2) is 5.69. The van der Waals surface area contributed by atoms with Gasteiger partial charge in [0.05, 0.1) is 17.2 Å². The van der Waals surface area contributed by atoms with Crippen LogP contribution in [-0.2, 0) is 6.42 Å². The number of nitrogens with one attached hydrogen (secondary N) is 1. The zero-order chi connectivity index (χ0) is 14.7. The average Bonchev–Trinajstić information content (AvgIpc) is 2.44. The van der Waals surface area contributed by atoms with Gasteiger partial charge in [-0.3, -0.25) is 0 Å². The van der Waals surface area contributed by atoms with Crippen LogP contribution in [0.3, 0.4) is 0 Å². The Morgan fingerprint density at radius 3 is 2.30 bits per heavy atom. The summed E-state index contributed by atoms with van der Waals surface area (Å²) in [5.41, 5.74) is 5.28. The average molecular weight is 279 g/mol. The second-order valence-electron chi connectivity index (χ2n) is 4.65. The maximum absolute atomic E-state index is 9.18. The molecule has 0 radical (unpaired) electrons. The van der Waals surface area contributed by atoms with E-state index >= 15 is 0 Å². The minimum absolute atomic E-state index is 0.492. The predicted molar refractivity (Wildman–Crippen MR) is 79.8 cm³/mol. The molecule has 4 heteroatoms. The van der Waals surface area contributed by atoms with Crippen LogP contribution in [0.2, 0.25) is 0 Å². The van der Waals surface area contributed by atoms with Gasteiger partial charge in [-0.25, -0.2) is 0 Å². The fourth-order valence-electron chi connectivity index (χ4n) is 2.21. The first-order chi connectivity index (χ1) is 9.56. The Hall–Kier alpha value is -2.43. The Morgan fingerprint density at radius 2 is 1.75 bits per heavy atom. The Morgan fingerprint density at radius 1 is 1.10 bits per heavy atom. The number of benzene rings is 1. The van der Waals surface area contributed by atoms with E-state index in [0.717, 1.165) is 22.4 Å². The molecule has 1 aromatic heterocycles. The standard InChI is InChI=1S/C16H13N3S/c1-10-14(11(2)19-16(20)15(10)9-18)7-12-3-5-13(8-17)6-4-12/h3-6H,7H2,1-2H3,(H,19,20). The lowest BCUT2D eigenvalue weighted by molar-refractivity contribution is 1.03. The van der Waals surface area contributed by atoms with E-state index in [1.165, 1.54) is 0 Å². The van der Waals surface area contributed by atoms with Crippen molar-refractivity contribution in [3.8, 4) is 12.1 Å². The summed E-state index contributed by atoms with van der Waals surface area (Å²) in [6.07, 6.45) is 0.712. The third-order valence-corrected chi connectivity index (χ3v) is 3.69. The highest BCUT2D eigenvalue weighted by molar-refractivity contribution is 7.71. The van der Waals surface area contributed by atoms with Crippen molar-refractivity contribution in [2.24, 2.45) is 0 Å². The van der Waals surface area contributed by atoms with Crippen LogP contribution in [0.25, 0.3) is 0 Å². The number of hydrogen-bond acceptors (Lipinski definition) is 3. The molecule has 3 nitrogen and oxygen atoms in total. The van der Waals surface area contributed by atoms with Crippen LogP contribution in [0, 0.1) is 41.2 Å². The summed E-state index contributed by atoms with van der Waals surface area (Å²) < 4.78 is 0.492. The predicted octanol–water partition coefficient (Wildman–Crippen LogP) is 3.70. The van der Waals surface area contributed by atoms with Crippen molar-refractivity contribution in [1.82, 2.24) is 4.98 Å². The molecule has 0 aliphatic heterocycles. The van der Waals surface area contributed by atoms with Crippen LogP contribution in [0.5, 0.6) is 0 Å². The summed E-state index contributed by atoms with van der Waals surface area (Å²) in [5, 5.41) is 18.0. The van der Waals surface area contributed by atoms with Gasteiger partial charge in [-0.05, 0) is 49.1 Å². The Labute approximate surface area is 123 Å². The van der Waals surface area contributed by atoms with E-state index < -0.39 is 0 Å². The van der Waals surface area contributed by atoms with Crippen LogP contribution >= 0.6 is 12.2 Å². The minimum Gasteiger partial charge on any atom is -0.349 e. The van der Waals surface area contributed by atoms with E-state index in [1.807, 2.05) is 26.0 Å². The van der Waals surface area contributed by atoms with Crippen molar-refractivity contribution in [3.05, 3.63) is 62.4 Å². The fraction of sp³-hybridized carbons (Fsp3) is 0.188. The van der Waals surface area contributed by atoms with Gasteiger partial charge in [0.1, 0.15) is 10.7 Å². The second-order valence-corrected chi connectivity index (χ2v) is 5.06. The molecule has 0 spiro atoms. The number of nitrogens with zero attached hydrogens (tertiary/aromatic N) is 2. The number of aromatic amines is 1. The molecule has 1 N–H and O–H groups in total. The van der Waals surface area contributed by atoms with E-state index in [4.69, 9.17) is 17.5 Å². The molecule has 20 heavy (non-hydrogen) atoms. The maximum atomic E-state index is 9.18. The molecule has 0 aliphatic carbocycles. The van der Waals surface area contributed by atoms with Crippen molar-refractivity contribution >= 4 is 12.2 Å². The molecule has 1 aromatic carbocycles. The molecular weight excluding hydrogens is 266 g/mol. The zero-order valence-electron chi connectivity index (χ0n) is 11.3. The van der Waals surface area contributed by atoms with Crippen molar-refractivity contribution in [2.75, 3.05) is 0 Å². The summed E-state index contributed by atoms with van der Waals surface area (Å²) in [5.74, 6) is 0. The van der Waals surface area contributed by atoms with Gasteiger partial charge >= 0.3 is 0 Å². The summed E-state index contributed by atoms with van der Waals surface area (Å²) in [6.45, 7) is 3.89. The Kier molecular flexibility index (Phi) is 3.98. The fourth-order valence-corrected chi connectivity index (χ4v) is 2.56. The van der Waals surface area contributed by atoms with Gasteiger partial charge in [0.15, 0.2) is 0 Å². The highest BCUT2D eigenvalue weighted by Crippen LogP contribution is 2.20. The highest BCUT2D eigenvalue weighted by atomic mass is 32.1. The van der Waals surface area contributed by atoms with Gasteiger partial charge in [0.2, 0.25) is 0 Å². The van der Waals surface area contributed by atoms with Crippen LogP contribution in [0.1, 0.15) is 33.5 Å². The molecular formula is C16H13N3S. The number of H-pyrrole nitrogens is 1. The molecule has 0 saturated carbocycles. The smallest absolute Gasteiger partial charge is 0.121 e. The SMILES string of the molecule is Cc1[nH]c(=S)c(C#N)c(C)c1Cc1ccc(C#N)cc1. The van der Waals surface area contributed by atoms with Crippen LogP contribution in [0.4, 0.5) is 0 Å². The number of aryl methyl sites for hydroxylation is 1. The zero-order valence-corrected chi connectivity index (χ0v) is 12.1. The van der Waals surface area contributed by atoms with Gasteiger partial charge in [-0.1, -0.05) is 24.4 Å². The first-order valence-electron chi connectivity index (χ1n) is 6.18. The van der Waals surface area contributed by atoms with Crippen molar-refractivity contribution in [1.29, 1.82) is 10.5 Å². The molecule has 1 heterocycles. The van der Waals surface area contributed by atoms with E-state index in [1.54, 1.807) is 12.1 Å². The molecule has 98 valence electrons.